The number of ether oxygens (including phenoxy) is 9. The highest BCUT2D eigenvalue weighted by Crippen LogP contribution is 2.29. The van der Waals surface area contributed by atoms with Gasteiger partial charge in [-0.25, -0.2) is 0 Å². The van der Waals surface area contributed by atoms with Crippen LogP contribution in [-0.4, -0.2) is 192 Å². The summed E-state index contributed by atoms with van der Waals surface area (Å²) in [5, 5.41) is 64.2. The van der Waals surface area contributed by atoms with Crippen LogP contribution in [0.3, 0.4) is 0 Å². The van der Waals surface area contributed by atoms with Crippen LogP contribution in [0, 0.1) is 0 Å². The second-order valence-corrected chi connectivity index (χ2v) is 14.1. The third-order valence-electron chi connectivity index (χ3n) is 8.23. The molecule has 0 amide bonds. The molecule has 5 aliphatic heterocycles. The van der Waals surface area contributed by atoms with Gasteiger partial charge in [0.2, 0.25) is 0 Å². The second-order valence-electron chi connectivity index (χ2n) is 14.1. The van der Waals surface area contributed by atoms with E-state index < -0.39 is 42.7 Å². The zero-order valence-corrected chi connectivity index (χ0v) is 31.0. The lowest BCUT2D eigenvalue weighted by atomic mass is 10.0. The summed E-state index contributed by atoms with van der Waals surface area (Å²) >= 11 is 0. The Hall–Kier alpha value is -0.640. The predicted octanol–water partition coefficient (Wildman–Crippen LogP) is -1.08. The summed E-state index contributed by atoms with van der Waals surface area (Å²) in [7, 11) is 0. The molecule has 5 fully saturated rings. The minimum absolute atomic E-state index is 0.0119. The van der Waals surface area contributed by atoms with Gasteiger partial charge in [0.1, 0.15) is 67.1 Å². The molecule has 5 aliphatic rings. The average molecular weight is 731 g/mol. The van der Waals surface area contributed by atoms with Gasteiger partial charge in [0.15, 0.2) is 0 Å². The fourth-order valence-corrected chi connectivity index (χ4v) is 5.97. The van der Waals surface area contributed by atoms with E-state index in [9.17, 15) is 20.4 Å². The van der Waals surface area contributed by atoms with E-state index >= 15 is 0 Å². The van der Waals surface area contributed by atoms with E-state index in [0.717, 1.165) is 0 Å². The van der Waals surface area contributed by atoms with Crippen molar-refractivity contribution >= 4 is 0 Å². The van der Waals surface area contributed by atoms with Crippen molar-refractivity contribution in [2.24, 2.45) is 0 Å². The third kappa shape index (κ3) is 15.0. The van der Waals surface area contributed by atoms with Crippen LogP contribution in [0.1, 0.15) is 61.8 Å². The molecule has 0 aromatic heterocycles. The first-order chi connectivity index (χ1) is 23.6. The molecule has 0 unspecified atom stereocenters. The zero-order valence-electron chi connectivity index (χ0n) is 31.0. The molecule has 16 heteroatoms. The maximum Gasteiger partial charge on any atom is 0.115 e. The topological polar surface area (TPSA) is 225 Å². The predicted molar refractivity (Wildman–Crippen MR) is 179 cm³/mol. The van der Waals surface area contributed by atoms with E-state index in [1.807, 2.05) is 55.4 Å². The summed E-state index contributed by atoms with van der Waals surface area (Å²) in [5.41, 5.74) is 0. The van der Waals surface area contributed by atoms with Gasteiger partial charge in [-0.05, 0) is 55.4 Å². The first-order valence-corrected chi connectivity index (χ1v) is 17.9. The van der Waals surface area contributed by atoms with Gasteiger partial charge < -0.3 is 78.4 Å². The lowest BCUT2D eigenvalue weighted by Gasteiger charge is -2.33. The molecule has 13 atom stereocenters. The molecule has 0 bridgehead atoms. The van der Waals surface area contributed by atoms with Crippen LogP contribution in [-0.2, 0) is 42.6 Å². The van der Waals surface area contributed by atoms with Crippen LogP contribution in [0.4, 0.5) is 0 Å². The van der Waals surface area contributed by atoms with Crippen LogP contribution >= 0.6 is 0 Å². The van der Waals surface area contributed by atoms with E-state index in [0.29, 0.717) is 39.5 Å². The van der Waals surface area contributed by atoms with Gasteiger partial charge in [-0.15, -0.1) is 0 Å². The number of fused-ring (bicyclic) bond motifs is 1. The fraction of sp³-hybridized carbons (Fsp3) is 1.00. The summed E-state index contributed by atoms with van der Waals surface area (Å²) < 4.78 is 48.1. The Labute approximate surface area is 296 Å². The van der Waals surface area contributed by atoms with E-state index in [1.165, 1.54) is 0 Å². The van der Waals surface area contributed by atoms with Crippen molar-refractivity contribution in [1.82, 2.24) is 0 Å². The Bertz CT molecular complexity index is 848. The highest BCUT2D eigenvalue weighted by molar-refractivity contribution is 4.95. The van der Waals surface area contributed by atoms with Gasteiger partial charge in [0.05, 0.1) is 89.5 Å². The van der Waals surface area contributed by atoms with Crippen LogP contribution in [0.25, 0.3) is 0 Å². The molecule has 7 N–H and O–H groups in total. The summed E-state index contributed by atoms with van der Waals surface area (Å²) in [4.78, 5) is 0. The van der Waals surface area contributed by atoms with Crippen LogP contribution < -0.4 is 0 Å². The second kappa shape index (κ2) is 23.2. The maximum absolute atomic E-state index is 9.49. The van der Waals surface area contributed by atoms with Crippen molar-refractivity contribution in [3.63, 3.8) is 0 Å². The summed E-state index contributed by atoms with van der Waals surface area (Å²) in [5.74, 6) is 0. The molecule has 5 rings (SSSR count). The lowest BCUT2D eigenvalue weighted by Crippen LogP contribution is -2.44. The van der Waals surface area contributed by atoms with Crippen LogP contribution in [0.5, 0.6) is 0 Å². The number of rotatable bonds is 11. The Morgan fingerprint density at radius 1 is 0.460 bits per heavy atom. The monoisotopic (exact) mass is 730 g/mol. The number of aliphatic hydroxyl groups excluding tert-OH is 7. The van der Waals surface area contributed by atoms with Gasteiger partial charge in [-0.3, -0.25) is 0 Å². The SMILES string of the molecule is CC(C)O[C@@H]1CO[C@@H](CO)[C@@H]1O.CC(C)O[C@@H]1CO[C@H]2[C@@H]1OC[C@H]2O.CC(C)O[C@H]1CO[C@H](CO)[C@@H](O)C1.CC(C)O[C@H]1CO[C@H](CO)[C@H]1O. The van der Waals surface area contributed by atoms with Crippen LogP contribution in [0.2, 0.25) is 0 Å². The molecule has 0 saturated carbocycles. The normalized spacial score (nSPS) is 38.1. The molecule has 298 valence electrons. The minimum Gasteiger partial charge on any atom is -0.394 e. The summed E-state index contributed by atoms with van der Waals surface area (Å²) in [6, 6.07) is 0. The molecule has 0 aromatic rings. The Morgan fingerprint density at radius 2 is 0.860 bits per heavy atom. The Balaban J connectivity index is 0.000000231. The third-order valence-corrected chi connectivity index (χ3v) is 8.23. The molecule has 0 radical (unpaired) electrons. The van der Waals surface area contributed by atoms with Crippen molar-refractivity contribution in [2.45, 2.75) is 166 Å². The maximum atomic E-state index is 9.49. The van der Waals surface area contributed by atoms with Crippen molar-refractivity contribution in [2.75, 3.05) is 52.9 Å². The van der Waals surface area contributed by atoms with Crippen molar-refractivity contribution < 1.29 is 78.4 Å². The van der Waals surface area contributed by atoms with Gasteiger partial charge in [-0.2, -0.15) is 0 Å². The minimum atomic E-state index is -0.697. The Kier molecular flexibility index (Phi) is 21.1. The first-order valence-electron chi connectivity index (χ1n) is 17.9. The summed E-state index contributed by atoms with van der Waals surface area (Å²) in [6.45, 7) is 17.1. The molecule has 5 heterocycles. The van der Waals surface area contributed by atoms with Gasteiger partial charge >= 0.3 is 0 Å². The van der Waals surface area contributed by atoms with E-state index in [1.54, 1.807) is 0 Å². The molecule has 0 spiro atoms. The molecule has 0 aromatic carbocycles. The lowest BCUT2D eigenvalue weighted by molar-refractivity contribution is -0.160. The van der Waals surface area contributed by atoms with E-state index in [4.69, 9.17) is 58.0 Å². The number of hydrogen-bond donors (Lipinski definition) is 7. The molecule has 50 heavy (non-hydrogen) atoms. The van der Waals surface area contributed by atoms with Gasteiger partial charge in [0.25, 0.3) is 0 Å². The smallest absolute Gasteiger partial charge is 0.115 e. The van der Waals surface area contributed by atoms with Gasteiger partial charge in [0, 0.05) is 6.42 Å². The quantitative estimate of drug-likeness (QED) is 0.134. The Morgan fingerprint density at radius 3 is 1.26 bits per heavy atom. The molecular formula is C34H66O16. The van der Waals surface area contributed by atoms with Crippen molar-refractivity contribution in [3.8, 4) is 0 Å². The first kappa shape index (κ1) is 45.5. The largest absolute Gasteiger partial charge is 0.394 e. The van der Waals surface area contributed by atoms with E-state index in [-0.39, 0.29) is 80.9 Å². The fourth-order valence-electron chi connectivity index (χ4n) is 5.97. The average Bonchev–Trinajstić information content (AvgIpc) is 3.80. The van der Waals surface area contributed by atoms with Crippen LogP contribution in [0.15, 0.2) is 0 Å². The highest BCUT2D eigenvalue weighted by Gasteiger charge is 2.48. The zero-order chi connectivity index (χ0) is 37.5. The summed E-state index contributed by atoms with van der Waals surface area (Å²) in [6.07, 6.45) is -3.75. The van der Waals surface area contributed by atoms with Crippen molar-refractivity contribution in [3.05, 3.63) is 0 Å². The highest BCUT2D eigenvalue weighted by atomic mass is 16.6. The molecule has 5 saturated heterocycles. The molecule has 0 aliphatic carbocycles. The van der Waals surface area contributed by atoms with Crippen molar-refractivity contribution in [1.29, 1.82) is 0 Å². The molecular weight excluding hydrogens is 664 g/mol. The number of hydrogen-bond acceptors (Lipinski definition) is 16. The number of aliphatic hydroxyl groups is 7. The van der Waals surface area contributed by atoms with Gasteiger partial charge in [-0.1, -0.05) is 0 Å². The van der Waals surface area contributed by atoms with E-state index in [2.05, 4.69) is 0 Å². The molecule has 16 nitrogen and oxygen atoms in total. The standard InChI is InChI=1S/C9H16O4.C9H18O4.2C8H16O4/c1-5(2)13-7-4-12-8-6(10)3-11-9(7)8;1-6(2)13-7-3-8(11)9(4-10)12-5-7;2*1-5(2)12-7-4-11-6(3-9)8(7)10/h5-10H,3-4H2,1-2H3;6-11H,3-5H2,1-2H3;2*5-10H,3-4H2,1-2H3/t6-,7-,8-,9-;7-,8+,9-;2*6-,7+,8-/m1110/s1.